The minimum atomic E-state index is -0.849. The molecule has 0 aromatic rings. The van der Waals surface area contributed by atoms with Gasteiger partial charge in [-0.15, -0.1) is 0 Å². The van der Waals surface area contributed by atoms with Crippen LogP contribution in [0.25, 0.3) is 0 Å². The number of hydrogen-bond donors (Lipinski definition) is 3. The van der Waals surface area contributed by atoms with E-state index in [1.807, 2.05) is 13.8 Å². The molecule has 4 nitrogen and oxygen atoms in total. The van der Waals surface area contributed by atoms with Crippen molar-refractivity contribution in [3.63, 3.8) is 0 Å². The van der Waals surface area contributed by atoms with Gasteiger partial charge in [0.25, 0.3) is 0 Å². The Labute approximate surface area is 103 Å². The van der Waals surface area contributed by atoms with Gasteiger partial charge in [-0.05, 0) is 45.4 Å². The first-order chi connectivity index (χ1) is 7.85. The molecule has 1 aliphatic carbocycles. The van der Waals surface area contributed by atoms with Gasteiger partial charge in [0, 0.05) is 5.54 Å². The number of carboxylic acid groups (broad SMARTS) is 1. The Hall–Kier alpha value is -0.610. The molecule has 0 spiro atoms. The first kappa shape index (κ1) is 14.5. The van der Waals surface area contributed by atoms with Crippen LogP contribution < -0.4 is 5.32 Å². The summed E-state index contributed by atoms with van der Waals surface area (Å²) in [6.45, 7) is 5.77. The molecule has 17 heavy (non-hydrogen) atoms. The summed E-state index contributed by atoms with van der Waals surface area (Å²) in [7, 11) is 0. The molecule has 0 radical (unpaired) electrons. The third kappa shape index (κ3) is 3.42. The first-order valence-corrected chi connectivity index (χ1v) is 6.49. The molecule has 1 rings (SSSR count). The summed E-state index contributed by atoms with van der Waals surface area (Å²) in [4.78, 5) is 11.5. The lowest BCUT2D eigenvalue weighted by Gasteiger charge is -2.42. The zero-order valence-corrected chi connectivity index (χ0v) is 11.1. The van der Waals surface area contributed by atoms with E-state index in [1.165, 1.54) is 0 Å². The van der Waals surface area contributed by atoms with Crippen LogP contribution in [-0.4, -0.2) is 33.9 Å². The zero-order chi connectivity index (χ0) is 13.1. The van der Waals surface area contributed by atoms with Crippen molar-refractivity contribution in [2.45, 2.75) is 64.0 Å². The van der Waals surface area contributed by atoms with Crippen molar-refractivity contribution in [1.82, 2.24) is 5.32 Å². The van der Waals surface area contributed by atoms with Crippen LogP contribution in [0.3, 0.4) is 0 Å². The molecular formula is C13H25NO3. The van der Waals surface area contributed by atoms with Crippen LogP contribution in [0.4, 0.5) is 0 Å². The molecular weight excluding hydrogens is 218 g/mol. The van der Waals surface area contributed by atoms with Crippen LogP contribution in [0.1, 0.15) is 52.9 Å². The lowest BCUT2D eigenvalue weighted by molar-refractivity contribution is -0.148. The lowest BCUT2D eigenvalue weighted by atomic mass is 9.74. The average molecular weight is 243 g/mol. The smallest absolute Gasteiger partial charge is 0.323 e. The highest BCUT2D eigenvalue weighted by Gasteiger charge is 2.44. The molecule has 0 amide bonds. The second kappa shape index (κ2) is 5.36. The summed E-state index contributed by atoms with van der Waals surface area (Å²) in [5, 5.41) is 21.9. The fourth-order valence-electron chi connectivity index (χ4n) is 2.66. The molecule has 100 valence electrons. The van der Waals surface area contributed by atoms with E-state index in [4.69, 9.17) is 0 Å². The molecule has 0 aliphatic heterocycles. The molecule has 1 saturated carbocycles. The number of carboxylic acids is 1. The fourth-order valence-corrected chi connectivity index (χ4v) is 2.66. The molecule has 0 aromatic carbocycles. The quantitative estimate of drug-likeness (QED) is 0.688. The summed E-state index contributed by atoms with van der Waals surface area (Å²) in [5.41, 5.74) is -1.39. The standard InChI is InChI=1S/C13H25NO3/c1-4-10-5-7-13(8-6-10,11(16)17)14-12(2,3)9-15/h10,14-15H,4-9H2,1-3H3,(H,16,17). The number of aliphatic hydroxyl groups is 1. The number of carbonyl (C=O) groups is 1. The number of aliphatic carboxylic acids is 1. The summed E-state index contributed by atoms with van der Waals surface area (Å²) < 4.78 is 0. The minimum absolute atomic E-state index is 0.0563. The molecule has 0 atom stereocenters. The van der Waals surface area contributed by atoms with Crippen molar-refractivity contribution in [1.29, 1.82) is 0 Å². The van der Waals surface area contributed by atoms with Gasteiger partial charge in [-0.3, -0.25) is 10.1 Å². The number of hydrogen-bond acceptors (Lipinski definition) is 3. The van der Waals surface area contributed by atoms with Gasteiger partial charge in [-0.1, -0.05) is 13.3 Å². The number of aliphatic hydroxyl groups excluding tert-OH is 1. The van der Waals surface area contributed by atoms with E-state index in [9.17, 15) is 15.0 Å². The Morgan fingerprint density at radius 3 is 2.29 bits per heavy atom. The van der Waals surface area contributed by atoms with E-state index in [0.29, 0.717) is 18.8 Å². The minimum Gasteiger partial charge on any atom is -0.480 e. The lowest BCUT2D eigenvalue weighted by Crippen LogP contribution is -2.62. The molecule has 0 aromatic heterocycles. The van der Waals surface area contributed by atoms with Gasteiger partial charge >= 0.3 is 5.97 Å². The second-order valence-corrected chi connectivity index (χ2v) is 5.91. The van der Waals surface area contributed by atoms with Crippen LogP contribution in [0, 0.1) is 5.92 Å². The van der Waals surface area contributed by atoms with E-state index in [1.54, 1.807) is 0 Å². The fraction of sp³-hybridized carbons (Fsp3) is 0.923. The van der Waals surface area contributed by atoms with Gasteiger partial charge in [-0.2, -0.15) is 0 Å². The SMILES string of the molecule is CCC1CCC(NC(C)(C)CO)(C(=O)O)CC1. The Morgan fingerprint density at radius 2 is 1.94 bits per heavy atom. The van der Waals surface area contributed by atoms with Crippen LogP contribution in [0.15, 0.2) is 0 Å². The van der Waals surface area contributed by atoms with Crippen LogP contribution in [-0.2, 0) is 4.79 Å². The predicted molar refractivity (Wildman–Crippen MR) is 66.9 cm³/mol. The third-order valence-electron chi connectivity index (χ3n) is 3.92. The van der Waals surface area contributed by atoms with Gasteiger partial charge in [0.15, 0.2) is 0 Å². The van der Waals surface area contributed by atoms with E-state index >= 15 is 0 Å². The maximum absolute atomic E-state index is 11.5. The van der Waals surface area contributed by atoms with Crippen molar-refractivity contribution >= 4 is 5.97 Å². The predicted octanol–water partition coefficient (Wildman–Crippen LogP) is 1.77. The summed E-state index contributed by atoms with van der Waals surface area (Å²) in [6.07, 6.45) is 4.35. The molecule has 0 heterocycles. The highest BCUT2D eigenvalue weighted by molar-refractivity contribution is 5.79. The van der Waals surface area contributed by atoms with Crippen LogP contribution in [0.2, 0.25) is 0 Å². The monoisotopic (exact) mass is 243 g/mol. The van der Waals surface area contributed by atoms with Crippen molar-refractivity contribution in [3.05, 3.63) is 0 Å². The van der Waals surface area contributed by atoms with Crippen molar-refractivity contribution in [2.24, 2.45) is 5.92 Å². The normalized spacial score (nSPS) is 30.2. The number of nitrogens with one attached hydrogen (secondary N) is 1. The number of rotatable bonds is 5. The summed E-state index contributed by atoms with van der Waals surface area (Å²) >= 11 is 0. The largest absolute Gasteiger partial charge is 0.480 e. The van der Waals surface area contributed by atoms with Crippen LogP contribution >= 0.6 is 0 Å². The summed E-state index contributed by atoms with van der Waals surface area (Å²) in [5.74, 6) is -0.130. The van der Waals surface area contributed by atoms with E-state index < -0.39 is 17.0 Å². The van der Waals surface area contributed by atoms with E-state index in [-0.39, 0.29) is 6.61 Å². The Balaban J connectivity index is 2.75. The van der Waals surface area contributed by atoms with Gasteiger partial charge < -0.3 is 10.2 Å². The Kier molecular flexibility index (Phi) is 4.55. The molecule has 1 fully saturated rings. The summed E-state index contributed by atoms with van der Waals surface area (Å²) in [6, 6.07) is 0. The third-order valence-corrected chi connectivity index (χ3v) is 3.92. The Bertz CT molecular complexity index is 268. The highest BCUT2D eigenvalue weighted by atomic mass is 16.4. The van der Waals surface area contributed by atoms with Gasteiger partial charge in [-0.25, -0.2) is 0 Å². The van der Waals surface area contributed by atoms with Crippen LogP contribution in [0.5, 0.6) is 0 Å². The topological polar surface area (TPSA) is 69.6 Å². The molecule has 4 heteroatoms. The van der Waals surface area contributed by atoms with E-state index in [2.05, 4.69) is 12.2 Å². The molecule has 1 aliphatic rings. The average Bonchev–Trinajstić information content (AvgIpc) is 2.29. The zero-order valence-electron chi connectivity index (χ0n) is 11.1. The van der Waals surface area contributed by atoms with Gasteiger partial charge in [0.1, 0.15) is 5.54 Å². The molecule has 0 bridgehead atoms. The maximum atomic E-state index is 11.5. The molecule has 0 saturated heterocycles. The molecule has 0 unspecified atom stereocenters. The Morgan fingerprint density at radius 1 is 1.41 bits per heavy atom. The van der Waals surface area contributed by atoms with Crippen molar-refractivity contribution in [2.75, 3.05) is 6.61 Å². The maximum Gasteiger partial charge on any atom is 0.323 e. The van der Waals surface area contributed by atoms with Crippen molar-refractivity contribution in [3.8, 4) is 0 Å². The van der Waals surface area contributed by atoms with Crippen molar-refractivity contribution < 1.29 is 15.0 Å². The molecule has 3 N–H and O–H groups in total. The highest BCUT2D eigenvalue weighted by Crippen LogP contribution is 2.35. The van der Waals surface area contributed by atoms with Gasteiger partial charge in [0.05, 0.1) is 6.61 Å². The van der Waals surface area contributed by atoms with Gasteiger partial charge in [0.2, 0.25) is 0 Å². The van der Waals surface area contributed by atoms with E-state index in [0.717, 1.165) is 19.3 Å². The second-order valence-electron chi connectivity index (χ2n) is 5.91. The first-order valence-electron chi connectivity index (χ1n) is 6.49.